The molecule has 17 heavy (non-hydrogen) atoms. The second kappa shape index (κ2) is 5.05. The van der Waals surface area contributed by atoms with E-state index in [1.54, 1.807) is 6.07 Å². The summed E-state index contributed by atoms with van der Waals surface area (Å²) >= 11 is 1.10. The molecule has 0 aliphatic carbocycles. The first-order valence-electron chi connectivity index (χ1n) is 5.22. The Kier molecular flexibility index (Phi) is 3.48. The van der Waals surface area contributed by atoms with Crippen molar-refractivity contribution >= 4 is 17.4 Å². The largest absolute Gasteiger partial charge is 0.359 e. The number of carbonyl (C=O) groups is 1. The third-order valence-electron chi connectivity index (χ3n) is 2.20. The lowest BCUT2D eigenvalue weighted by atomic mass is 10.3. The minimum atomic E-state index is -0.175. The lowest BCUT2D eigenvalue weighted by Gasteiger charge is -2.00. The molecule has 0 spiro atoms. The Morgan fingerprint density at radius 2 is 2.41 bits per heavy atom. The van der Waals surface area contributed by atoms with Crippen LogP contribution < -0.4 is 5.32 Å². The summed E-state index contributed by atoms with van der Waals surface area (Å²) in [5.74, 6) is 0.456. The van der Waals surface area contributed by atoms with Crippen molar-refractivity contribution in [1.29, 1.82) is 0 Å². The van der Waals surface area contributed by atoms with Crippen LogP contribution in [0, 0.1) is 6.92 Å². The van der Waals surface area contributed by atoms with Gasteiger partial charge in [-0.2, -0.15) is 0 Å². The van der Waals surface area contributed by atoms with Gasteiger partial charge in [0.05, 0.1) is 17.9 Å². The number of aromatic nitrogens is 3. The third kappa shape index (κ3) is 2.68. The lowest BCUT2D eigenvalue weighted by molar-refractivity contribution is 0.0950. The second-order valence-corrected chi connectivity index (χ2v) is 4.27. The molecule has 0 radical (unpaired) electrons. The molecule has 0 fully saturated rings. The first kappa shape index (κ1) is 11.7. The van der Waals surface area contributed by atoms with E-state index in [1.807, 2.05) is 13.8 Å². The topological polar surface area (TPSA) is 80.9 Å². The average Bonchev–Trinajstić information content (AvgIpc) is 2.94. The van der Waals surface area contributed by atoms with Crippen LogP contribution in [0.1, 0.15) is 33.7 Å². The summed E-state index contributed by atoms with van der Waals surface area (Å²) in [6, 6.07) is 1.78. The highest BCUT2D eigenvalue weighted by molar-refractivity contribution is 7.08. The molecule has 6 nitrogen and oxygen atoms in total. The molecule has 2 aromatic heterocycles. The van der Waals surface area contributed by atoms with Gasteiger partial charge in [0.1, 0.15) is 4.88 Å². The maximum absolute atomic E-state index is 11.8. The van der Waals surface area contributed by atoms with Crippen LogP contribution in [0.3, 0.4) is 0 Å². The summed E-state index contributed by atoms with van der Waals surface area (Å²) in [4.78, 5) is 12.4. The van der Waals surface area contributed by atoms with Gasteiger partial charge in [-0.15, -0.1) is 5.10 Å². The summed E-state index contributed by atoms with van der Waals surface area (Å²) in [5.41, 5.74) is 1.52. The summed E-state index contributed by atoms with van der Waals surface area (Å²) in [6.07, 6.45) is 0.695. The Morgan fingerprint density at radius 3 is 3.06 bits per heavy atom. The van der Waals surface area contributed by atoms with Crippen LogP contribution in [0.2, 0.25) is 0 Å². The van der Waals surface area contributed by atoms with Crippen molar-refractivity contribution < 1.29 is 9.32 Å². The Balaban J connectivity index is 1.98. The predicted molar refractivity (Wildman–Crippen MR) is 61.7 cm³/mol. The van der Waals surface area contributed by atoms with Gasteiger partial charge < -0.3 is 9.84 Å². The fourth-order valence-corrected chi connectivity index (χ4v) is 2.03. The van der Waals surface area contributed by atoms with E-state index in [4.69, 9.17) is 4.52 Å². The van der Waals surface area contributed by atoms with Gasteiger partial charge in [0.2, 0.25) is 0 Å². The summed E-state index contributed by atoms with van der Waals surface area (Å²) in [5, 5.41) is 10.4. The van der Waals surface area contributed by atoms with Crippen molar-refractivity contribution in [3.05, 3.63) is 28.1 Å². The number of hydrogen-bond acceptors (Lipinski definition) is 6. The Hall–Kier alpha value is -1.76. The van der Waals surface area contributed by atoms with Crippen LogP contribution in [0.15, 0.2) is 10.6 Å². The summed E-state index contributed by atoms with van der Waals surface area (Å²) in [7, 11) is 0. The molecule has 0 saturated carbocycles. The zero-order valence-corrected chi connectivity index (χ0v) is 10.4. The Morgan fingerprint density at radius 1 is 1.59 bits per heavy atom. The number of carbonyl (C=O) groups excluding carboxylic acids is 1. The Bertz CT molecular complexity index is 520. The van der Waals surface area contributed by atoms with Gasteiger partial charge in [-0.3, -0.25) is 4.79 Å². The van der Waals surface area contributed by atoms with E-state index >= 15 is 0 Å². The quantitative estimate of drug-likeness (QED) is 0.887. The highest BCUT2D eigenvalue weighted by Gasteiger charge is 2.15. The maximum atomic E-state index is 11.8. The van der Waals surface area contributed by atoms with Crippen molar-refractivity contribution in [3.63, 3.8) is 0 Å². The van der Waals surface area contributed by atoms with E-state index in [1.165, 1.54) is 0 Å². The van der Waals surface area contributed by atoms with Crippen LogP contribution in [0.4, 0.5) is 0 Å². The number of nitrogens with zero attached hydrogens (tertiary/aromatic N) is 3. The van der Waals surface area contributed by atoms with Gasteiger partial charge >= 0.3 is 0 Å². The summed E-state index contributed by atoms with van der Waals surface area (Å²) < 4.78 is 8.76. The van der Waals surface area contributed by atoms with Crippen molar-refractivity contribution in [3.8, 4) is 0 Å². The van der Waals surface area contributed by atoms with Gasteiger partial charge in [-0.05, 0) is 24.9 Å². The number of rotatable bonds is 4. The van der Waals surface area contributed by atoms with E-state index < -0.39 is 0 Å². The molecular formula is C10H12N4O2S. The second-order valence-electron chi connectivity index (χ2n) is 3.52. The van der Waals surface area contributed by atoms with Crippen LogP contribution in [0.5, 0.6) is 0 Å². The molecule has 0 saturated heterocycles. The normalized spacial score (nSPS) is 10.5. The van der Waals surface area contributed by atoms with Crippen LogP contribution in [-0.4, -0.2) is 20.7 Å². The zero-order chi connectivity index (χ0) is 12.3. The number of nitrogens with one attached hydrogen (secondary N) is 1. The predicted octanol–water partition coefficient (Wildman–Crippen LogP) is 1.33. The van der Waals surface area contributed by atoms with E-state index in [2.05, 4.69) is 20.1 Å². The lowest BCUT2D eigenvalue weighted by Crippen LogP contribution is -2.22. The summed E-state index contributed by atoms with van der Waals surface area (Å²) in [6.45, 7) is 4.09. The standard InChI is InChI=1S/C10H12N4O2S/c1-3-8-9(17-14-12-8)10(15)11-5-7-4-6(2)13-16-7/h4H,3,5H2,1-2H3,(H,11,15). The molecule has 0 aliphatic heterocycles. The third-order valence-corrected chi connectivity index (χ3v) is 2.96. The van der Waals surface area contributed by atoms with Gasteiger partial charge in [0.25, 0.3) is 5.91 Å². The van der Waals surface area contributed by atoms with Gasteiger partial charge in [0, 0.05) is 6.07 Å². The molecule has 1 amide bonds. The van der Waals surface area contributed by atoms with Crippen LogP contribution in [-0.2, 0) is 13.0 Å². The molecule has 0 bridgehead atoms. The minimum Gasteiger partial charge on any atom is -0.359 e. The van der Waals surface area contributed by atoms with E-state index in [9.17, 15) is 4.79 Å². The molecule has 7 heteroatoms. The van der Waals surface area contributed by atoms with Crippen molar-refractivity contribution in [2.45, 2.75) is 26.8 Å². The van der Waals surface area contributed by atoms with Gasteiger partial charge in [0.15, 0.2) is 5.76 Å². The fourth-order valence-electron chi connectivity index (χ4n) is 1.36. The van der Waals surface area contributed by atoms with Gasteiger partial charge in [-0.1, -0.05) is 16.6 Å². The highest BCUT2D eigenvalue weighted by atomic mass is 32.1. The molecule has 2 rings (SSSR count). The molecule has 1 N–H and O–H groups in total. The smallest absolute Gasteiger partial charge is 0.265 e. The van der Waals surface area contributed by atoms with Gasteiger partial charge in [-0.25, -0.2) is 0 Å². The van der Waals surface area contributed by atoms with E-state index in [0.717, 1.165) is 22.9 Å². The first-order valence-corrected chi connectivity index (χ1v) is 5.99. The van der Waals surface area contributed by atoms with Crippen LogP contribution >= 0.6 is 11.5 Å². The molecule has 0 atom stereocenters. The van der Waals surface area contributed by atoms with Crippen LogP contribution in [0.25, 0.3) is 0 Å². The minimum absolute atomic E-state index is 0.175. The average molecular weight is 252 g/mol. The van der Waals surface area contributed by atoms with Crippen molar-refractivity contribution in [2.24, 2.45) is 0 Å². The molecule has 90 valence electrons. The first-order chi connectivity index (χ1) is 8.20. The molecule has 0 aromatic carbocycles. The zero-order valence-electron chi connectivity index (χ0n) is 9.56. The van der Waals surface area contributed by atoms with Crippen molar-refractivity contribution in [1.82, 2.24) is 20.1 Å². The Labute approximate surface area is 102 Å². The highest BCUT2D eigenvalue weighted by Crippen LogP contribution is 2.11. The number of hydrogen-bond donors (Lipinski definition) is 1. The SMILES string of the molecule is CCc1nnsc1C(=O)NCc1cc(C)no1. The molecule has 0 unspecified atom stereocenters. The van der Waals surface area contributed by atoms with Crippen molar-refractivity contribution in [2.75, 3.05) is 0 Å². The monoisotopic (exact) mass is 252 g/mol. The molecule has 0 aliphatic rings. The molecule has 2 aromatic rings. The molecule has 2 heterocycles. The number of aryl methyl sites for hydroxylation is 2. The van der Waals surface area contributed by atoms with E-state index in [-0.39, 0.29) is 5.91 Å². The molecular weight excluding hydrogens is 240 g/mol. The maximum Gasteiger partial charge on any atom is 0.265 e. The fraction of sp³-hybridized carbons (Fsp3) is 0.400. The number of amides is 1. The van der Waals surface area contributed by atoms with E-state index in [0.29, 0.717) is 23.6 Å².